The van der Waals surface area contributed by atoms with E-state index in [1.807, 2.05) is 7.05 Å². The van der Waals surface area contributed by atoms with Crippen molar-refractivity contribution in [2.24, 2.45) is 12.9 Å². The molecule has 0 fully saturated rings. The van der Waals surface area contributed by atoms with E-state index in [4.69, 9.17) is 5.84 Å². The summed E-state index contributed by atoms with van der Waals surface area (Å²) in [5.74, 6) is 6.51. The number of nitrogens with two attached hydrogens (primary N) is 1. The molecule has 5 heteroatoms. The predicted molar refractivity (Wildman–Crippen MR) is 66.0 cm³/mol. The van der Waals surface area contributed by atoms with Gasteiger partial charge in [-0.25, -0.2) is 4.98 Å². The second-order valence-corrected chi connectivity index (χ2v) is 4.13. The molecule has 0 bridgehead atoms. The first-order valence-corrected chi connectivity index (χ1v) is 5.56. The Hall–Kier alpha value is -1.72. The Morgan fingerprint density at radius 2 is 2.06 bits per heavy atom. The van der Waals surface area contributed by atoms with Crippen molar-refractivity contribution in [3.8, 4) is 0 Å². The molecule has 17 heavy (non-hydrogen) atoms. The van der Waals surface area contributed by atoms with E-state index in [0.717, 1.165) is 17.8 Å². The Morgan fingerprint density at radius 3 is 2.59 bits per heavy atom. The van der Waals surface area contributed by atoms with Crippen molar-refractivity contribution < 1.29 is 0 Å². The molecule has 1 unspecified atom stereocenters. The molecule has 0 amide bonds. The molecule has 1 atom stereocenters. The Kier molecular flexibility index (Phi) is 3.51. The quantitative estimate of drug-likeness (QED) is 0.605. The third kappa shape index (κ3) is 2.69. The lowest BCUT2D eigenvalue weighted by atomic mass is 10.0. The lowest BCUT2D eigenvalue weighted by Crippen LogP contribution is -2.30. The first-order valence-electron chi connectivity index (χ1n) is 5.56. The van der Waals surface area contributed by atoms with E-state index in [2.05, 4.69) is 46.7 Å². The summed E-state index contributed by atoms with van der Waals surface area (Å²) in [6.07, 6.45) is 2.27. The minimum atomic E-state index is 0.0542. The number of hydrazine groups is 1. The molecule has 1 aromatic carbocycles. The van der Waals surface area contributed by atoms with Crippen LogP contribution in [0.2, 0.25) is 0 Å². The van der Waals surface area contributed by atoms with Crippen molar-refractivity contribution >= 4 is 0 Å². The molecule has 1 heterocycles. The maximum atomic E-state index is 5.60. The average Bonchev–Trinajstić information content (AvgIpc) is 2.73. The van der Waals surface area contributed by atoms with Crippen molar-refractivity contribution in [3.63, 3.8) is 0 Å². The Bertz CT molecular complexity index is 474. The minimum Gasteiger partial charge on any atom is -0.271 e. The molecule has 0 spiro atoms. The number of rotatable bonds is 4. The molecule has 0 radical (unpaired) electrons. The molecule has 0 aliphatic heterocycles. The number of nitrogens with zero attached hydrogens (tertiary/aromatic N) is 3. The molecule has 90 valence electrons. The van der Waals surface area contributed by atoms with E-state index in [9.17, 15) is 0 Å². The summed E-state index contributed by atoms with van der Waals surface area (Å²) in [5.41, 5.74) is 5.22. The van der Waals surface area contributed by atoms with Crippen LogP contribution in [-0.4, -0.2) is 14.8 Å². The van der Waals surface area contributed by atoms with Crippen LogP contribution in [-0.2, 0) is 13.5 Å². The van der Waals surface area contributed by atoms with E-state index in [-0.39, 0.29) is 6.04 Å². The monoisotopic (exact) mass is 231 g/mol. The van der Waals surface area contributed by atoms with Gasteiger partial charge in [0.15, 0.2) is 0 Å². The highest BCUT2D eigenvalue weighted by Gasteiger charge is 2.13. The minimum absolute atomic E-state index is 0.0542. The normalized spacial score (nSPS) is 12.6. The molecule has 1 aromatic heterocycles. The van der Waals surface area contributed by atoms with Gasteiger partial charge in [0.05, 0.1) is 6.04 Å². The van der Waals surface area contributed by atoms with Crippen LogP contribution in [0.4, 0.5) is 0 Å². The topological polar surface area (TPSA) is 68.8 Å². The third-order valence-corrected chi connectivity index (χ3v) is 2.87. The van der Waals surface area contributed by atoms with Crippen LogP contribution in [0.1, 0.15) is 23.0 Å². The van der Waals surface area contributed by atoms with E-state index in [1.165, 1.54) is 5.56 Å². The van der Waals surface area contributed by atoms with Crippen LogP contribution in [0.5, 0.6) is 0 Å². The van der Waals surface area contributed by atoms with Crippen molar-refractivity contribution in [1.29, 1.82) is 0 Å². The number of hydrogen-bond donors (Lipinski definition) is 2. The number of hydrogen-bond acceptors (Lipinski definition) is 4. The number of aryl methyl sites for hydroxylation is 2. The molecule has 0 aliphatic rings. The second kappa shape index (κ2) is 5.07. The van der Waals surface area contributed by atoms with Crippen LogP contribution < -0.4 is 11.3 Å². The van der Waals surface area contributed by atoms with Gasteiger partial charge in [-0.05, 0) is 12.5 Å². The Labute approximate surface area is 101 Å². The fraction of sp³-hybridized carbons (Fsp3) is 0.333. The highest BCUT2D eigenvalue weighted by atomic mass is 15.3. The van der Waals surface area contributed by atoms with E-state index >= 15 is 0 Å². The lowest BCUT2D eigenvalue weighted by molar-refractivity contribution is 0.523. The van der Waals surface area contributed by atoms with Gasteiger partial charge in [-0.3, -0.25) is 16.0 Å². The van der Waals surface area contributed by atoms with Gasteiger partial charge in [-0.15, -0.1) is 0 Å². The number of nitrogens with one attached hydrogen (secondary N) is 1. The van der Waals surface area contributed by atoms with Gasteiger partial charge in [0.2, 0.25) is 0 Å². The fourth-order valence-electron chi connectivity index (χ4n) is 1.76. The summed E-state index contributed by atoms with van der Waals surface area (Å²) in [6, 6.07) is 8.37. The van der Waals surface area contributed by atoms with Crippen molar-refractivity contribution in [3.05, 3.63) is 47.5 Å². The SMILES string of the molecule is Cc1ccc(C(Cc2ncnn2C)NN)cc1. The van der Waals surface area contributed by atoms with Gasteiger partial charge in [-0.1, -0.05) is 29.8 Å². The molecular weight excluding hydrogens is 214 g/mol. The van der Waals surface area contributed by atoms with Crippen molar-refractivity contribution in [2.45, 2.75) is 19.4 Å². The van der Waals surface area contributed by atoms with Crippen molar-refractivity contribution in [1.82, 2.24) is 20.2 Å². The van der Waals surface area contributed by atoms with Crippen molar-refractivity contribution in [2.75, 3.05) is 0 Å². The zero-order chi connectivity index (χ0) is 12.3. The van der Waals surface area contributed by atoms with Crippen LogP contribution in [0.15, 0.2) is 30.6 Å². The summed E-state index contributed by atoms with van der Waals surface area (Å²) < 4.78 is 1.76. The van der Waals surface area contributed by atoms with Crippen LogP contribution in [0.3, 0.4) is 0 Å². The van der Waals surface area contributed by atoms with Gasteiger partial charge in [0.25, 0.3) is 0 Å². The number of aromatic nitrogens is 3. The Balaban J connectivity index is 2.17. The smallest absolute Gasteiger partial charge is 0.138 e. The summed E-state index contributed by atoms with van der Waals surface area (Å²) in [4.78, 5) is 4.20. The van der Waals surface area contributed by atoms with E-state index in [0.29, 0.717) is 0 Å². The maximum Gasteiger partial charge on any atom is 0.138 e. The van der Waals surface area contributed by atoms with E-state index < -0.39 is 0 Å². The van der Waals surface area contributed by atoms with E-state index in [1.54, 1.807) is 11.0 Å². The molecule has 2 aromatic rings. The summed E-state index contributed by atoms with van der Waals surface area (Å²) in [7, 11) is 1.88. The van der Waals surface area contributed by atoms with Gasteiger partial charge in [-0.2, -0.15) is 5.10 Å². The zero-order valence-corrected chi connectivity index (χ0v) is 10.1. The largest absolute Gasteiger partial charge is 0.271 e. The molecule has 5 nitrogen and oxygen atoms in total. The zero-order valence-electron chi connectivity index (χ0n) is 10.1. The molecule has 0 saturated heterocycles. The van der Waals surface area contributed by atoms with Gasteiger partial charge >= 0.3 is 0 Å². The maximum absolute atomic E-state index is 5.60. The fourth-order valence-corrected chi connectivity index (χ4v) is 1.76. The van der Waals surface area contributed by atoms with Crippen LogP contribution >= 0.6 is 0 Å². The van der Waals surface area contributed by atoms with Gasteiger partial charge in [0, 0.05) is 13.5 Å². The first-order chi connectivity index (χ1) is 8.20. The van der Waals surface area contributed by atoms with Crippen LogP contribution in [0, 0.1) is 6.92 Å². The lowest BCUT2D eigenvalue weighted by Gasteiger charge is -2.15. The number of benzene rings is 1. The summed E-state index contributed by atoms with van der Waals surface area (Å²) in [5, 5.41) is 4.05. The molecule has 3 N–H and O–H groups in total. The standard InChI is InChI=1S/C12H17N5/c1-9-3-5-10(6-4-9)11(16-13)7-12-14-8-15-17(12)2/h3-6,8,11,16H,7,13H2,1-2H3. The van der Waals surface area contributed by atoms with Gasteiger partial charge in [0.1, 0.15) is 12.2 Å². The molecule has 0 saturated carbocycles. The second-order valence-electron chi connectivity index (χ2n) is 4.13. The highest BCUT2D eigenvalue weighted by Crippen LogP contribution is 2.16. The Morgan fingerprint density at radius 1 is 1.35 bits per heavy atom. The van der Waals surface area contributed by atoms with Gasteiger partial charge < -0.3 is 0 Å². The summed E-state index contributed by atoms with van der Waals surface area (Å²) >= 11 is 0. The third-order valence-electron chi connectivity index (χ3n) is 2.87. The van der Waals surface area contributed by atoms with Crippen LogP contribution in [0.25, 0.3) is 0 Å². The first kappa shape index (κ1) is 11.8. The average molecular weight is 231 g/mol. The molecule has 2 rings (SSSR count). The predicted octanol–water partition coefficient (Wildman–Crippen LogP) is 0.871. The molecule has 0 aliphatic carbocycles. The summed E-state index contributed by atoms with van der Waals surface area (Å²) in [6.45, 7) is 2.07. The molecular formula is C12H17N5. The highest BCUT2D eigenvalue weighted by molar-refractivity contribution is 5.24.